The number of hydrogen-bond acceptors (Lipinski definition) is 6. The van der Waals surface area contributed by atoms with Crippen molar-refractivity contribution in [1.29, 1.82) is 0 Å². The van der Waals surface area contributed by atoms with E-state index in [1.165, 1.54) is 5.69 Å². The van der Waals surface area contributed by atoms with Crippen LogP contribution in [0.1, 0.15) is 6.92 Å². The molecular formula is C22H25N5O. The number of nitrogens with one attached hydrogen (secondary N) is 1. The third-order valence-corrected chi connectivity index (χ3v) is 4.79. The minimum absolute atomic E-state index is 0.683. The lowest BCUT2D eigenvalue weighted by atomic mass is 10.2. The maximum atomic E-state index is 5.49. The Morgan fingerprint density at radius 2 is 1.75 bits per heavy atom. The minimum atomic E-state index is 0.683. The fourth-order valence-corrected chi connectivity index (χ4v) is 3.39. The molecule has 6 nitrogen and oxygen atoms in total. The summed E-state index contributed by atoms with van der Waals surface area (Å²) in [5.41, 5.74) is 3.29. The SMILES string of the molecule is CCN(c1ccccc1)c1nccc(Nc2ccccc2N2CCOCC2)n1. The second kappa shape index (κ2) is 8.71. The van der Waals surface area contributed by atoms with Gasteiger partial charge in [-0.05, 0) is 37.3 Å². The number of nitrogens with zero attached hydrogens (tertiary/aromatic N) is 4. The summed E-state index contributed by atoms with van der Waals surface area (Å²) in [6.07, 6.45) is 1.80. The lowest BCUT2D eigenvalue weighted by molar-refractivity contribution is 0.123. The molecule has 28 heavy (non-hydrogen) atoms. The van der Waals surface area contributed by atoms with E-state index in [0.29, 0.717) is 5.95 Å². The van der Waals surface area contributed by atoms with Crippen LogP contribution in [0.2, 0.25) is 0 Å². The largest absolute Gasteiger partial charge is 0.378 e. The third-order valence-electron chi connectivity index (χ3n) is 4.79. The third kappa shape index (κ3) is 4.07. The average molecular weight is 375 g/mol. The van der Waals surface area contributed by atoms with E-state index in [0.717, 1.165) is 50.0 Å². The molecule has 6 heteroatoms. The van der Waals surface area contributed by atoms with E-state index >= 15 is 0 Å². The Morgan fingerprint density at radius 1 is 1.00 bits per heavy atom. The van der Waals surface area contributed by atoms with Crippen LogP contribution in [0.4, 0.5) is 28.8 Å². The van der Waals surface area contributed by atoms with E-state index in [9.17, 15) is 0 Å². The first-order valence-corrected chi connectivity index (χ1v) is 9.69. The molecule has 0 amide bonds. The summed E-state index contributed by atoms with van der Waals surface area (Å²) in [7, 11) is 0. The molecule has 2 aromatic carbocycles. The first kappa shape index (κ1) is 18.3. The van der Waals surface area contributed by atoms with Gasteiger partial charge in [0.05, 0.1) is 24.6 Å². The Morgan fingerprint density at radius 3 is 2.54 bits per heavy atom. The Bertz CT molecular complexity index is 896. The van der Waals surface area contributed by atoms with Crippen LogP contribution in [-0.4, -0.2) is 42.8 Å². The second-order valence-electron chi connectivity index (χ2n) is 6.56. The highest BCUT2D eigenvalue weighted by atomic mass is 16.5. The van der Waals surface area contributed by atoms with Crippen molar-refractivity contribution in [3.05, 3.63) is 66.9 Å². The van der Waals surface area contributed by atoms with Crippen molar-refractivity contribution >= 4 is 28.8 Å². The van der Waals surface area contributed by atoms with Gasteiger partial charge in [-0.2, -0.15) is 4.98 Å². The van der Waals surface area contributed by atoms with Crippen LogP contribution in [0.15, 0.2) is 66.9 Å². The maximum absolute atomic E-state index is 5.49. The van der Waals surface area contributed by atoms with Crippen LogP contribution in [0.3, 0.4) is 0 Å². The van der Waals surface area contributed by atoms with Crippen molar-refractivity contribution in [2.24, 2.45) is 0 Å². The Labute approximate surface area is 165 Å². The Kier molecular flexibility index (Phi) is 5.68. The molecule has 1 aliphatic rings. The highest BCUT2D eigenvalue weighted by Gasteiger charge is 2.15. The normalized spacial score (nSPS) is 14.0. The number of benzene rings is 2. The van der Waals surface area contributed by atoms with Crippen LogP contribution in [0, 0.1) is 0 Å². The highest BCUT2D eigenvalue weighted by molar-refractivity contribution is 5.74. The molecule has 1 aliphatic heterocycles. The van der Waals surface area contributed by atoms with Crippen LogP contribution < -0.4 is 15.1 Å². The highest BCUT2D eigenvalue weighted by Crippen LogP contribution is 2.29. The molecule has 4 rings (SSSR count). The Hall–Kier alpha value is -3.12. The van der Waals surface area contributed by atoms with Crippen LogP contribution in [-0.2, 0) is 4.74 Å². The Balaban J connectivity index is 1.59. The molecule has 0 radical (unpaired) electrons. The summed E-state index contributed by atoms with van der Waals surface area (Å²) in [4.78, 5) is 13.7. The molecule has 0 aliphatic carbocycles. The number of para-hydroxylation sites is 3. The van der Waals surface area contributed by atoms with Crippen molar-refractivity contribution in [1.82, 2.24) is 9.97 Å². The summed E-state index contributed by atoms with van der Waals surface area (Å²) in [6, 6.07) is 20.4. The maximum Gasteiger partial charge on any atom is 0.231 e. The molecule has 2 heterocycles. The first-order chi connectivity index (χ1) is 13.8. The lowest BCUT2D eigenvalue weighted by Gasteiger charge is -2.30. The molecule has 0 bridgehead atoms. The molecule has 1 N–H and O–H groups in total. The van der Waals surface area contributed by atoms with Gasteiger partial charge >= 0.3 is 0 Å². The van der Waals surface area contributed by atoms with E-state index in [-0.39, 0.29) is 0 Å². The summed E-state index contributed by atoms with van der Waals surface area (Å²) in [5, 5.41) is 3.48. The monoisotopic (exact) mass is 375 g/mol. The summed E-state index contributed by atoms with van der Waals surface area (Å²) in [5.74, 6) is 1.46. The van der Waals surface area contributed by atoms with Crippen molar-refractivity contribution in [3.63, 3.8) is 0 Å². The fourth-order valence-electron chi connectivity index (χ4n) is 3.39. The van der Waals surface area contributed by atoms with E-state index in [1.54, 1.807) is 6.20 Å². The van der Waals surface area contributed by atoms with Gasteiger partial charge in [0.15, 0.2) is 0 Å². The van der Waals surface area contributed by atoms with Gasteiger partial charge in [0.2, 0.25) is 5.95 Å². The molecule has 1 fully saturated rings. The summed E-state index contributed by atoms with van der Waals surface area (Å²) < 4.78 is 5.49. The molecule has 0 saturated carbocycles. The fraction of sp³-hybridized carbons (Fsp3) is 0.273. The van der Waals surface area contributed by atoms with Crippen molar-refractivity contribution in [2.45, 2.75) is 6.92 Å². The number of hydrogen-bond donors (Lipinski definition) is 1. The van der Waals surface area contributed by atoms with E-state index in [2.05, 4.69) is 57.4 Å². The number of rotatable bonds is 6. The van der Waals surface area contributed by atoms with Crippen LogP contribution in [0.5, 0.6) is 0 Å². The molecule has 0 spiro atoms. The zero-order valence-electron chi connectivity index (χ0n) is 16.1. The number of aromatic nitrogens is 2. The second-order valence-corrected chi connectivity index (χ2v) is 6.56. The van der Waals surface area contributed by atoms with E-state index in [1.807, 2.05) is 30.3 Å². The zero-order chi connectivity index (χ0) is 19.2. The quantitative estimate of drug-likeness (QED) is 0.696. The van der Waals surface area contributed by atoms with Gasteiger partial charge in [0, 0.05) is 31.5 Å². The predicted molar refractivity (Wildman–Crippen MR) is 114 cm³/mol. The molecule has 1 saturated heterocycles. The number of anilines is 5. The molecule has 144 valence electrons. The summed E-state index contributed by atoms with van der Waals surface area (Å²) >= 11 is 0. The van der Waals surface area contributed by atoms with Crippen LogP contribution >= 0.6 is 0 Å². The van der Waals surface area contributed by atoms with Gasteiger partial charge in [-0.3, -0.25) is 0 Å². The van der Waals surface area contributed by atoms with Gasteiger partial charge < -0.3 is 19.9 Å². The van der Waals surface area contributed by atoms with Gasteiger partial charge in [0.25, 0.3) is 0 Å². The van der Waals surface area contributed by atoms with Gasteiger partial charge in [-0.25, -0.2) is 4.98 Å². The summed E-state index contributed by atoms with van der Waals surface area (Å²) in [6.45, 7) is 6.20. The van der Waals surface area contributed by atoms with E-state index < -0.39 is 0 Å². The van der Waals surface area contributed by atoms with Crippen molar-refractivity contribution < 1.29 is 4.74 Å². The van der Waals surface area contributed by atoms with Crippen LogP contribution in [0.25, 0.3) is 0 Å². The lowest BCUT2D eigenvalue weighted by Crippen LogP contribution is -2.36. The predicted octanol–water partition coefficient (Wildman–Crippen LogP) is 4.21. The number of ether oxygens (including phenoxy) is 1. The topological polar surface area (TPSA) is 53.5 Å². The molecule has 1 aromatic heterocycles. The van der Waals surface area contributed by atoms with Gasteiger partial charge in [0.1, 0.15) is 5.82 Å². The minimum Gasteiger partial charge on any atom is -0.378 e. The van der Waals surface area contributed by atoms with Crippen molar-refractivity contribution in [3.8, 4) is 0 Å². The van der Waals surface area contributed by atoms with Crippen molar-refractivity contribution in [2.75, 3.05) is 48.0 Å². The van der Waals surface area contributed by atoms with E-state index in [4.69, 9.17) is 9.72 Å². The average Bonchev–Trinajstić information content (AvgIpc) is 2.76. The van der Waals surface area contributed by atoms with Gasteiger partial charge in [-0.15, -0.1) is 0 Å². The van der Waals surface area contributed by atoms with Gasteiger partial charge in [-0.1, -0.05) is 30.3 Å². The molecule has 0 atom stereocenters. The smallest absolute Gasteiger partial charge is 0.231 e. The molecule has 0 unspecified atom stereocenters. The zero-order valence-corrected chi connectivity index (χ0v) is 16.1. The molecular weight excluding hydrogens is 350 g/mol. The standard InChI is InChI=1S/C22H25N5O/c1-2-27(18-8-4-3-5-9-18)22-23-13-12-21(25-22)24-19-10-6-7-11-20(19)26-14-16-28-17-15-26/h3-13H,2,14-17H2,1H3,(H,23,24,25). The first-order valence-electron chi connectivity index (χ1n) is 9.69. The number of morpholine rings is 1. The molecule has 3 aromatic rings.